The van der Waals surface area contributed by atoms with E-state index < -0.39 is 0 Å². The topological polar surface area (TPSA) is 55.1 Å². The molecule has 0 radical (unpaired) electrons. The van der Waals surface area contributed by atoms with Crippen LogP contribution in [0, 0.1) is 0 Å². The molecular formula is C16H21ClN2OS. The second kappa shape index (κ2) is 8.93. The van der Waals surface area contributed by atoms with Gasteiger partial charge >= 0.3 is 0 Å². The van der Waals surface area contributed by atoms with Crippen LogP contribution in [0.5, 0.6) is 0 Å². The fraction of sp³-hybridized carbons (Fsp3) is 0.312. The average Bonchev–Trinajstić information content (AvgIpc) is 2.44. The molecular weight excluding hydrogens is 304 g/mol. The maximum absolute atomic E-state index is 11.7. The Balaban J connectivity index is 0.00000220. The second-order valence-corrected chi connectivity index (χ2v) is 5.96. The minimum atomic E-state index is 0. The highest BCUT2D eigenvalue weighted by Gasteiger charge is 2.04. The van der Waals surface area contributed by atoms with E-state index in [-0.39, 0.29) is 24.4 Å². The average molecular weight is 325 g/mol. The van der Waals surface area contributed by atoms with Gasteiger partial charge in [0.15, 0.2) is 0 Å². The van der Waals surface area contributed by atoms with E-state index in [9.17, 15) is 4.79 Å². The van der Waals surface area contributed by atoms with Crippen molar-refractivity contribution in [3.05, 3.63) is 42.5 Å². The van der Waals surface area contributed by atoms with E-state index in [0.29, 0.717) is 12.3 Å². The quantitative estimate of drug-likeness (QED) is 0.802. The third kappa shape index (κ3) is 5.96. The molecule has 0 fully saturated rings. The third-order valence-electron chi connectivity index (χ3n) is 3.01. The maximum Gasteiger partial charge on any atom is 0.230 e. The molecule has 3 N–H and O–H groups in total. The molecule has 0 spiro atoms. The van der Waals surface area contributed by atoms with Crippen LogP contribution in [0.2, 0.25) is 0 Å². The second-order valence-electron chi connectivity index (χ2n) is 4.91. The monoisotopic (exact) mass is 324 g/mol. The molecule has 1 atom stereocenters. The Kier molecular flexibility index (Phi) is 7.57. The van der Waals surface area contributed by atoms with E-state index in [1.165, 1.54) is 10.8 Å². The SMILES string of the molecule is CC(N)CCNC(=O)CSc1ccc2ccccc2c1.Cl. The molecule has 0 heterocycles. The largest absolute Gasteiger partial charge is 0.355 e. The van der Waals surface area contributed by atoms with Crippen LogP contribution in [0.15, 0.2) is 47.4 Å². The van der Waals surface area contributed by atoms with Gasteiger partial charge in [0.2, 0.25) is 5.91 Å². The van der Waals surface area contributed by atoms with Crippen molar-refractivity contribution in [2.24, 2.45) is 5.73 Å². The lowest BCUT2D eigenvalue weighted by atomic mass is 10.1. The third-order valence-corrected chi connectivity index (χ3v) is 4.01. The van der Waals surface area contributed by atoms with Gasteiger partial charge in [-0.3, -0.25) is 4.79 Å². The molecule has 0 saturated carbocycles. The number of carbonyl (C=O) groups is 1. The number of halogens is 1. The number of thioether (sulfide) groups is 1. The predicted molar refractivity (Wildman–Crippen MR) is 93.2 cm³/mol. The van der Waals surface area contributed by atoms with E-state index >= 15 is 0 Å². The molecule has 1 unspecified atom stereocenters. The molecule has 0 aliphatic heterocycles. The zero-order valence-corrected chi connectivity index (χ0v) is 13.7. The summed E-state index contributed by atoms with van der Waals surface area (Å²) in [7, 11) is 0. The van der Waals surface area contributed by atoms with E-state index in [2.05, 4.69) is 35.6 Å². The first-order valence-corrected chi connectivity index (χ1v) is 7.77. The summed E-state index contributed by atoms with van der Waals surface area (Å²) < 4.78 is 0. The van der Waals surface area contributed by atoms with Crippen molar-refractivity contribution in [3.8, 4) is 0 Å². The van der Waals surface area contributed by atoms with Crippen LogP contribution in [-0.4, -0.2) is 24.2 Å². The van der Waals surface area contributed by atoms with Crippen molar-refractivity contribution in [3.63, 3.8) is 0 Å². The van der Waals surface area contributed by atoms with Crippen LogP contribution in [0.4, 0.5) is 0 Å². The maximum atomic E-state index is 11.7. The van der Waals surface area contributed by atoms with Crippen LogP contribution in [-0.2, 0) is 4.79 Å². The van der Waals surface area contributed by atoms with Crippen molar-refractivity contribution >= 4 is 40.8 Å². The van der Waals surface area contributed by atoms with Crippen molar-refractivity contribution in [2.45, 2.75) is 24.3 Å². The molecule has 2 aromatic carbocycles. The number of hydrogen-bond donors (Lipinski definition) is 2. The van der Waals surface area contributed by atoms with E-state index in [1.54, 1.807) is 11.8 Å². The lowest BCUT2D eigenvalue weighted by molar-refractivity contribution is -0.118. The number of nitrogens with two attached hydrogens (primary N) is 1. The van der Waals surface area contributed by atoms with Crippen LogP contribution >= 0.6 is 24.2 Å². The lowest BCUT2D eigenvalue weighted by Crippen LogP contribution is -2.30. The molecule has 2 aromatic rings. The van der Waals surface area contributed by atoms with E-state index in [0.717, 1.165) is 11.3 Å². The minimum absolute atomic E-state index is 0. The van der Waals surface area contributed by atoms with Crippen molar-refractivity contribution < 1.29 is 4.79 Å². The molecule has 2 rings (SSSR count). The molecule has 1 amide bonds. The highest BCUT2D eigenvalue weighted by Crippen LogP contribution is 2.23. The molecule has 5 heteroatoms. The number of amides is 1. The fourth-order valence-electron chi connectivity index (χ4n) is 1.90. The summed E-state index contributed by atoms with van der Waals surface area (Å²) in [5.41, 5.74) is 5.64. The van der Waals surface area contributed by atoms with Gasteiger partial charge in [-0.1, -0.05) is 30.3 Å². The Morgan fingerprint density at radius 3 is 2.67 bits per heavy atom. The van der Waals surface area contributed by atoms with Gasteiger partial charge in [-0.2, -0.15) is 0 Å². The first kappa shape index (κ1) is 17.8. The highest BCUT2D eigenvalue weighted by molar-refractivity contribution is 8.00. The molecule has 0 saturated heterocycles. The Morgan fingerprint density at radius 2 is 1.95 bits per heavy atom. The van der Waals surface area contributed by atoms with Crippen LogP contribution in [0.3, 0.4) is 0 Å². The van der Waals surface area contributed by atoms with E-state index in [4.69, 9.17) is 5.73 Å². The van der Waals surface area contributed by atoms with Crippen LogP contribution in [0.25, 0.3) is 10.8 Å². The van der Waals surface area contributed by atoms with Crippen molar-refractivity contribution in [2.75, 3.05) is 12.3 Å². The number of fused-ring (bicyclic) bond motifs is 1. The predicted octanol–water partition coefficient (Wildman–Crippen LogP) is 3.21. The summed E-state index contributed by atoms with van der Waals surface area (Å²) in [6.45, 7) is 2.59. The highest BCUT2D eigenvalue weighted by atomic mass is 35.5. The van der Waals surface area contributed by atoms with Gasteiger partial charge in [-0.05, 0) is 36.2 Å². The Hall–Kier alpha value is -1.23. The molecule has 21 heavy (non-hydrogen) atoms. The summed E-state index contributed by atoms with van der Waals surface area (Å²) in [5.74, 6) is 0.501. The van der Waals surface area contributed by atoms with Gasteiger partial charge in [0.1, 0.15) is 0 Å². The summed E-state index contributed by atoms with van der Waals surface area (Å²) in [4.78, 5) is 12.8. The van der Waals surface area contributed by atoms with Gasteiger partial charge in [-0.15, -0.1) is 24.2 Å². The summed E-state index contributed by atoms with van der Waals surface area (Å²) in [6, 6.07) is 14.6. The molecule has 0 aromatic heterocycles. The number of nitrogens with one attached hydrogen (secondary N) is 1. The zero-order valence-electron chi connectivity index (χ0n) is 12.0. The van der Waals surface area contributed by atoms with Gasteiger partial charge < -0.3 is 11.1 Å². The lowest BCUT2D eigenvalue weighted by Gasteiger charge is -2.07. The Morgan fingerprint density at radius 1 is 1.24 bits per heavy atom. The Bertz CT molecular complexity index is 589. The van der Waals surface area contributed by atoms with Crippen LogP contribution in [0.1, 0.15) is 13.3 Å². The summed E-state index contributed by atoms with van der Waals surface area (Å²) in [6.07, 6.45) is 0.812. The fourth-order valence-corrected chi connectivity index (χ4v) is 2.67. The minimum Gasteiger partial charge on any atom is -0.355 e. The first-order valence-electron chi connectivity index (χ1n) is 6.79. The van der Waals surface area contributed by atoms with Crippen molar-refractivity contribution in [1.82, 2.24) is 5.32 Å². The molecule has 114 valence electrons. The smallest absolute Gasteiger partial charge is 0.230 e. The number of benzene rings is 2. The van der Waals surface area contributed by atoms with Gasteiger partial charge in [0.05, 0.1) is 5.75 Å². The zero-order chi connectivity index (χ0) is 14.4. The number of hydrogen-bond acceptors (Lipinski definition) is 3. The van der Waals surface area contributed by atoms with E-state index in [1.807, 2.05) is 19.1 Å². The molecule has 0 bridgehead atoms. The number of rotatable bonds is 6. The first-order chi connectivity index (χ1) is 9.65. The summed E-state index contributed by atoms with van der Waals surface area (Å²) in [5, 5.41) is 5.31. The normalized spacial score (nSPS) is 11.7. The standard InChI is InChI=1S/C16H20N2OS.ClH/c1-12(17)8-9-18-16(19)11-20-15-7-6-13-4-2-3-5-14(13)10-15;/h2-7,10,12H,8-9,11,17H2,1H3,(H,18,19);1H. The van der Waals surface area contributed by atoms with Gasteiger partial charge in [-0.25, -0.2) is 0 Å². The molecule has 0 aliphatic rings. The number of carbonyl (C=O) groups excluding carboxylic acids is 1. The van der Waals surface area contributed by atoms with Gasteiger partial charge in [0, 0.05) is 17.5 Å². The van der Waals surface area contributed by atoms with Gasteiger partial charge in [0.25, 0.3) is 0 Å². The van der Waals surface area contributed by atoms with Crippen molar-refractivity contribution in [1.29, 1.82) is 0 Å². The molecule has 3 nitrogen and oxygen atoms in total. The summed E-state index contributed by atoms with van der Waals surface area (Å²) >= 11 is 1.56. The molecule has 0 aliphatic carbocycles. The van der Waals surface area contributed by atoms with Crippen LogP contribution < -0.4 is 11.1 Å². The Labute approximate surface area is 136 Å².